The molecule has 19 heavy (non-hydrogen) atoms. The number of likely N-dealkylation sites (N-methyl/N-ethyl adjacent to an activating group) is 1. The van der Waals surface area contributed by atoms with E-state index in [2.05, 4.69) is 15.5 Å². The van der Waals surface area contributed by atoms with Gasteiger partial charge in [-0.2, -0.15) is 0 Å². The van der Waals surface area contributed by atoms with Crippen molar-refractivity contribution in [3.63, 3.8) is 0 Å². The fraction of sp³-hybridized carbons (Fsp3) is 0.846. The van der Waals surface area contributed by atoms with Crippen molar-refractivity contribution < 1.29 is 14.7 Å². The molecule has 0 aromatic heterocycles. The molecule has 2 amide bonds. The fourth-order valence-corrected chi connectivity index (χ4v) is 2.20. The summed E-state index contributed by atoms with van der Waals surface area (Å²) in [4.78, 5) is 25.1. The van der Waals surface area contributed by atoms with E-state index in [0.29, 0.717) is 13.0 Å². The lowest BCUT2D eigenvalue weighted by Crippen LogP contribution is -2.61. The number of nitrogens with one attached hydrogen (secondary N) is 2. The summed E-state index contributed by atoms with van der Waals surface area (Å²) >= 11 is 0. The summed E-state index contributed by atoms with van der Waals surface area (Å²) in [6.45, 7) is 3.80. The average Bonchev–Trinajstić information content (AvgIpc) is 2.26. The molecule has 6 heteroatoms. The van der Waals surface area contributed by atoms with Crippen molar-refractivity contribution >= 4 is 12.0 Å². The molecule has 0 saturated heterocycles. The number of hydrogen-bond acceptors (Lipinski definition) is 3. The van der Waals surface area contributed by atoms with Crippen LogP contribution < -0.4 is 10.6 Å². The van der Waals surface area contributed by atoms with E-state index in [9.17, 15) is 9.59 Å². The monoisotopic (exact) mass is 271 g/mol. The van der Waals surface area contributed by atoms with Crippen LogP contribution in [0.5, 0.6) is 0 Å². The van der Waals surface area contributed by atoms with Gasteiger partial charge in [-0.3, -0.25) is 0 Å². The second kappa shape index (κ2) is 5.77. The number of carbonyl (C=O) groups excluding carboxylic acids is 1. The van der Waals surface area contributed by atoms with Crippen LogP contribution in [0.25, 0.3) is 0 Å². The molecule has 0 spiro atoms. The number of carboxylic acids is 1. The molecule has 1 atom stereocenters. The minimum absolute atomic E-state index is 0.0309. The maximum atomic E-state index is 11.8. The van der Waals surface area contributed by atoms with Crippen LogP contribution in [0.3, 0.4) is 0 Å². The van der Waals surface area contributed by atoms with Crippen molar-refractivity contribution in [1.29, 1.82) is 0 Å². The predicted octanol–water partition coefficient (Wildman–Crippen LogP) is 1.02. The first-order valence-electron chi connectivity index (χ1n) is 6.72. The summed E-state index contributed by atoms with van der Waals surface area (Å²) in [5.41, 5.74) is -1.18. The van der Waals surface area contributed by atoms with E-state index < -0.39 is 17.5 Å². The molecule has 1 fully saturated rings. The van der Waals surface area contributed by atoms with Crippen LogP contribution in [-0.4, -0.2) is 53.7 Å². The molecule has 1 saturated carbocycles. The van der Waals surface area contributed by atoms with E-state index >= 15 is 0 Å². The number of rotatable bonds is 6. The third kappa shape index (κ3) is 3.37. The van der Waals surface area contributed by atoms with Crippen LogP contribution in [-0.2, 0) is 4.79 Å². The first-order chi connectivity index (χ1) is 8.76. The second-order valence-electron chi connectivity index (χ2n) is 5.77. The topological polar surface area (TPSA) is 81.7 Å². The van der Waals surface area contributed by atoms with Gasteiger partial charge in [0.2, 0.25) is 0 Å². The lowest BCUT2D eigenvalue weighted by atomic mass is 9.75. The number of aliphatic carboxylic acids is 1. The Labute approximate surface area is 114 Å². The Balaban J connectivity index is 2.50. The van der Waals surface area contributed by atoms with Crippen molar-refractivity contribution in [2.75, 3.05) is 20.6 Å². The zero-order chi connectivity index (χ0) is 14.7. The van der Waals surface area contributed by atoms with Crippen LogP contribution in [0, 0.1) is 0 Å². The molecular weight excluding hydrogens is 246 g/mol. The number of hydrogen-bond donors (Lipinski definition) is 3. The van der Waals surface area contributed by atoms with Gasteiger partial charge in [-0.25, -0.2) is 9.59 Å². The summed E-state index contributed by atoms with van der Waals surface area (Å²) < 4.78 is 0. The Morgan fingerprint density at radius 2 is 1.95 bits per heavy atom. The number of urea groups is 1. The molecule has 1 aliphatic carbocycles. The maximum Gasteiger partial charge on any atom is 0.329 e. The van der Waals surface area contributed by atoms with Gasteiger partial charge >= 0.3 is 12.0 Å². The molecule has 110 valence electrons. The molecule has 0 aliphatic heterocycles. The van der Waals surface area contributed by atoms with Gasteiger partial charge in [0.25, 0.3) is 0 Å². The lowest BCUT2D eigenvalue weighted by molar-refractivity contribution is -0.143. The molecule has 1 unspecified atom stereocenters. The zero-order valence-electron chi connectivity index (χ0n) is 12.2. The van der Waals surface area contributed by atoms with Crippen molar-refractivity contribution in [1.82, 2.24) is 15.5 Å². The van der Waals surface area contributed by atoms with E-state index in [4.69, 9.17) is 5.11 Å². The third-order valence-corrected chi connectivity index (χ3v) is 4.38. The van der Waals surface area contributed by atoms with E-state index in [0.717, 1.165) is 12.8 Å². The first kappa shape index (κ1) is 15.8. The molecule has 0 aromatic rings. The van der Waals surface area contributed by atoms with Crippen molar-refractivity contribution in [3.05, 3.63) is 0 Å². The van der Waals surface area contributed by atoms with E-state index in [1.165, 1.54) is 13.3 Å². The van der Waals surface area contributed by atoms with E-state index in [-0.39, 0.29) is 5.54 Å². The van der Waals surface area contributed by atoms with Crippen LogP contribution in [0.1, 0.15) is 39.5 Å². The maximum absolute atomic E-state index is 11.8. The van der Waals surface area contributed by atoms with Crippen LogP contribution in [0.15, 0.2) is 0 Å². The molecule has 0 bridgehead atoms. The van der Waals surface area contributed by atoms with Gasteiger partial charge in [-0.1, -0.05) is 6.92 Å². The molecule has 1 rings (SSSR count). The molecule has 6 nitrogen and oxygen atoms in total. The highest BCUT2D eigenvalue weighted by atomic mass is 16.4. The van der Waals surface area contributed by atoms with Gasteiger partial charge in [0.1, 0.15) is 5.54 Å². The molecule has 1 aliphatic rings. The Morgan fingerprint density at radius 3 is 2.26 bits per heavy atom. The van der Waals surface area contributed by atoms with Crippen LogP contribution in [0.4, 0.5) is 4.79 Å². The van der Waals surface area contributed by atoms with E-state index in [1.54, 1.807) is 6.92 Å². The summed E-state index contributed by atoms with van der Waals surface area (Å²) in [6.07, 6.45) is 3.63. The van der Waals surface area contributed by atoms with Gasteiger partial charge in [0.15, 0.2) is 0 Å². The number of nitrogens with zero attached hydrogens (tertiary/aromatic N) is 1. The molecule has 3 N–H and O–H groups in total. The van der Waals surface area contributed by atoms with Crippen molar-refractivity contribution in [2.24, 2.45) is 0 Å². The van der Waals surface area contributed by atoms with Gasteiger partial charge in [0.05, 0.1) is 0 Å². The van der Waals surface area contributed by atoms with E-state index in [1.807, 2.05) is 14.1 Å². The Bertz CT molecular complexity index is 353. The molecular formula is C13H25N3O3. The summed E-state index contributed by atoms with van der Waals surface area (Å²) in [6, 6.07) is -0.417. The summed E-state index contributed by atoms with van der Waals surface area (Å²) in [7, 11) is 4.01. The molecule has 0 heterocycles. The standard InChI is InChI=1S/C13H25N3O3/c1-5-12(2,10(17)18)15-11(19)14-9-13(16(3)4)7-6-8-13/h5-9H2,1-4H3,(H,17,18)(H2,14,15,19). The smallest absolute Gasteiger partial charge is 0.329 e. The zero-order valence-corrected chi connectivity index (χ0v) is 12.2. The number of carboxylic acid groups (broad SMARTS) is 1. The second-order valence-corrected chi connectivity index (χ2v) is 5.77. The Morgan fingerprint density at radius 1 is 1.37 bits per heavy atom. The lowest BCUT2D eigenvalue weighted by Gasteiger charge is -2.47. The van der Waals surface area contributed by atoms with Gasteiger partial charge in [0, 0.05) is 12.1 Å². The summed E-state index contributed by atoms with van der Waals surface area (Å²) in [5, 5.41) is 14.4. The highest BCUT2D eigenvalue weighted by Gasteiger charge is 2.40. The van der Waals surface area contributed by atoms with Gasteiger partial charge in [-0.15, -0.1) is 0 Å². The third-order valence-electron chi connectivity index (χ3n) is 4.38. The van der Waals surface area contributed by atoms with Crippen LogP contribution >= 0.6 is 0 Å². The Hall–Kier alpha value is -1.30. The molecule has 0 radical (unpaired) electrons. The Kier molecular flexibility index (Phi) is 4.79. The fourth-order valence-electron chi connectivity index (χ4n) is 2.20. The highest BCUT2D eigenvalue weighted by Crippen LogP contribution is 2.35. The minimum Gasteiger partial charge on any atom is -0.480 e. The average molecular weight is 271 g/mol. The van der Waals surface area contributed by atoms with Crippen molar-refractivity contribution in [3.8, 4) is 0 Å². The molecule has 0 aromatic carbocycles. The van der Waals surface area contributed by atoms with Crippen LogP contribution in [0.2, 0.25) is 0 Å². The largest absolute Gasteiger partial charge is 0.480 e. The first-order valence-corrected chi connectivity index (χ1v) is 6.72. The summed E-state index contributed by atoms with van der Waals surface area (Å²) in [5.74, 6) is -1.02. The quantitative estimate of drug-likeness (QED) is 0.674. The number of carbonyl (C=O) groups is 2. The number of amides is 2. The highest BCUT2D eigenvalue weighted by molar-refractivity contribution is 5.85. The minimum atomic E-state index is -1.21. The van der Waals surface area contributed by atoms with Crippen molar-refractivity contribution in [2.45, 2.75) is 50.6 Å². The normalized spacial score (nSPS) is 20.3. The predicted molar refractivity (Wildman–Crippen MR) is 73.1 cm³/mol. The van der Waals surface area contributed by atoms with Gasteiger partial charge in [-0.05, 0) is 46.7 Å². The van der Waals surface area contributed by atoms with Gasteiger partial charge < -0.3 is 20.6 Å². The SMILES string of the molecule is CCC(C)(NC(=O)NCC1(N(C)C)CCC1)C(=O)O.